The summed E-state index contributed by atoms with van der Waals surface area (Å²) in [4.78, 5) is 23.7. The highest BCUT2D eigenvalue weighted by Gasteiger charge is 2.14. The first-order valence-electron chi connectivity index (χ1n) is 7.41. The molecule has 1 N–H and O–H groups in total. The van der Waals surface area contributed by atoms with Crippen LogP contribution in [-0.4, -0.2) is 25.0 Å². The van der Waals surface area contributed by atoms with Crippen LogP contribution in [0.2, 0.25) is 0 Å². The van der Waals surface area contributed by atoms with Crippen molar-refractivity contribution in [1.29, 1.82) is 0 Å². The molecule has 0 unspecified atom stereocenters. The number of hydrogen-bond acceptors (Lipinski definition) is 3. The molecule has 1 atom stereocenters. The van der Waals surface area contributed by atoms with Crippen molar-refractivity contribution in [3.63, 3.8) is 0 Å². The first kappa shape index (κ1) is 18.1. The van der Waals surface area contributed by atoms with Crippen molar-refractivity contribution >= 4 is 27.8 Å². The first-order valence-corrected chi connectivity index (χ1v) is 8.20. The van der Waals surface area contributed by atoms with Crippen LogP contribution in [-0.2, 0) is 9.53 Å². The van der Waals surface area contributed by atoms with E-state index in [4.69, 9.17) is 4.74 Å². The number of halogens is 2. The Labute approximate surface area is 148 Å². The minimum absolute atomic E-state index is 0.150. The van der Waals surface area contributed by atoms with Crippen LogP contribution < -0.4 is 5.32 Å². The van der Waals surface area contributed by atoms with Gasteiger partial charge in [0.2, 0.25) is 0 Å². The van der Waals surface area contributed by atoms with E-state index in [2.05, 4.69) is 21.2 Å². The molecule has 0 aliphatic heterocycles. The van der Waals surface area contributed by atoms with Crippen molar-refractivity contribution in [2.45, 2.75) is 12.8 Å². The minimum Gasteiger partial charge on any atom is -0.452 e. The van der Waals surface area contributed by atoms with Crippen LogP contribution in [0.4, 0.5) is 4.39 Å². The van der Waals surface area contributed by atoms with Gasteiger partial charge in [0.05, 0.1) is 5.56 Å². The normalized spacial score (nSPS) is 11.6. The summed E-state index contributed by atoms with van der Waals surface area (Å²) < 4.78 is 18.2. The zero-order valence-corrected chi connectivity index (χ0v) is 14.7. The Morgan fingerprint density at radius 2 is 1.92 bits per heavy atom. The van der Waals surface area contributed by atoms with E-state index in [9.17, 15) is 14.0 Å². The SMILES string of the molecule is C[C@H](CNC(=O)COC(=O)c1ccc(F)cc1Br)c1ccccc1. The average Bonchev–Trinajstić information content (AvgIpc) is 2.58. The van der Waals surface area contributed by atoms with Gasteiger partial charge in [-0.2, -0.15) is 0 Å². The summed E-state index contributed by atoms with van der Waals surface area (Å²) in [6.07, 6.45) is 0. The lowest BCUT2D eigenvalue weighted by Crippen LogP contribution is -2.31. The van der Waals surface area contributed by atoms with E-state index in [0.29, 0.717) is 6.54 Å². The number of nitrogens with one attached hydrogen (secondary N) is 1. The Morgan fingerprint density at radius 1 is 1.21 bits per heavy atom. The molecule has 2 rings (SSSR count). The van der Waals surface area contributed by atoms with Gasteiger partial charge in [0.1, 0.15) is 5.82 Å². The van der Waals surface area contributed by atoms with E-state index in [-0.39, 0.29) is 28.5 Å². The fraction of sp³-hybridized carbons (Fsp3) is 0.222. The molecule has 4 nitrogen and oxygen atoms in total. The number of ether oxygens (including phenoxy) is 1. The number of benzene rings is 2. The average molecular weight is 394 g/mol. The van der Waals surface area contributed by atoms with Crippen molar-refractivity contribution in [1.82, 2.24) is 5.32 Å². The molecule has 0 heterocycles. The molecule has 0 bridgehead atoms. The highest BCUT2D eigenvalue weighted by molar-refractivity contribution is 9.10. The fourth-order valence-electron chi connectivity index (χ4n) is 2.08. The molecule has 0 spiro atoms. The van der Waals surface area contributed by atoms with E-state index in [1.54, 1.807) is 0 Å². The van der Waals surface area contributed by atoms with Gasteiger partial charge in [0, 0.05) is 11.0 Å². The molecule has 24 heavy (non-hydrogen) atoms. The molecule has 0 saturated carbocycles. The molecule has 126 valence electrons. The quantitative estimate of drug-likeness (QED) is 0.761. The Morgan fingerprint density at radius 3 is 2.58 bits per heavy atom. The lowest BCUT2D eigenvalue weighted by Gasteiger charge is -2.13. The van der Waals surface area contributed by atoms with E-state index in [0.717, 1.165) is 17.7 Å². The number of rotatable bonds is 6. The zero-order chi connectivity index (χ0) is 17.5. The van der Waals surface area contributed by atoms with Crippen molar-refractivity contribution < 1.29 is 18.7 Å². The molecule has 0 saturated heterocycles. The lowest BCUT2D eigenvalue weighted by atomic mass is 10.0. The molecule has 2 aromatic rings. The van der Waals surface area contributed by atoms with Crippen molar-refractivity contribution in [2.24, 2.45) is 0 Å². The molecule has 0 aliphatic carbocycles. The standard InChI is InChI=1S/C18H17BrFNO3/c1-12(13-5-3-2-4-6-13)10-21-17(22)11-24-18(23)15-8-7-14(20)9-16(15)19/h2-9,12H,10-11H2,1H3,(H,21,22)/t12-/m1/s1. The number of carbonyl (C=O) groups excluding carboxylic acids is 2. The molecule has 0 aromatic heterocycles. The molecule has 0 aliphatic rings. The summed E-state index contributed by atoms with van der Waals surface area (Å²) >= 11 is 3.09. The largest absolute Gasteiger partial charge is 0.452 e. The molecule has 2 aromatic carbocycles. The van der Waals surface area contributed by atoms with E-state index < -0.39 is 11.8 Å². The van der Waals surface area contributed by atoms with E-state index in [1.165, 1.54) is 6.07 Å². The van der Waals surface area contributed by atoms with Gasteiger partial charge in [0.15, 0.2) is 6.61 Å². The third-order valence-corrected chi connectivity index (χ3v) is 4.12. The Hall–Kier alpha value is -2.21. The molecule has 1 amide bonds. The van der Waals surface area contributed by atoms with Crippen LogP contribution in [0, 0.1) is 5.82 Å². The maximum atomic E-state index is 13.0. The summed E-state index contributed by atoms with van der Waals surface area (Å²) in [7, 11) is 0. The van der Waals surface area contributed by atoms with Crippen molar-refractivity contribution in [3.8, 4) is 0 Å². The summed E-state index contributed by atoms with van der Waals surface area (Å²) in [6.45, 7) is 2.06. The highest BCUT2D eigenvalue weighted by atomic mass is 79.9. The summed E-state index contributed by atoms with van der Waals surface area (Å²) in [5, 5.41) is 2.72. The topological polar surface area (TPSA) is 55.4 Å². The van der Waals surface area contributed by atoms with E-state index >= 15 is 0 Å². The number of amides is 1. The maximum absolute atomic E-state index is 13.0. The van der Waals surface area contributed by atoms with Gasteiger partial charge >= 0.3 is 5.97 Å². The minimum atomic E-state index is -0.687. The summed E-state index contributed by atoms with van der Waals surface area (Å²) in [5.74, 6) is -1.39. The van der Waals surface area contributed by atoms with Gasteiger partial charge in [-0.3, -0.25) is 4.79 Å². The van der Waals surface area contributed by atoms with Gasteiger partial charge < -0.3 is 10.1 Å². The first-order chi connectivity index (χ1) is 11.5. The second-order valence-corrected chi connectivity index (χ2v) is 6.17. The predicted octanol–water partition coefficient (Wildman–Crippen LogP) is 3.66. The van der Waals surface area contributed by atoms with Gasteiger partial charge in [-0.05, 0) is 45.6 Å². The second kappa shape index (κ2) is 8.59. The number of carbonyl (C=O) groups is 2. The maximum Gasteiger partial charge on any atom is 0.339 e. The Balaban J connectivity index is 1.79. The van der Waals surface area contributed by atoms with Crippen molar-refractivity contribution in [3.05, 3.63) is 69.9 Å². The molecular weight excluding hydrogens is 377 g/mol. The number of hydrogen-bond donors (Lipinski definition) is 1. The molecule has 0 fully saturated rings. The third kappa shape index (κ3) is 5.16. The molecule has 6 heteroatoms. The van der Waals surface area contributed by atoms with Crippen LogP contribution in [0.15, 0.2) is 53.0 Å². The second-order valence-electron chi connectivity index (χ2n) is 5.32. The van der Waals surface area contributed by atoms with Gasteiger partial charge in [-0.25, -0.2) is 9.18 Å². The van der Waals surface area contributed by atoms with Crippen LogP contribution in [0.5, 0.6) is 0 Å². The summed E-state index contributed by atoms with van der Waals surface area (Å²) in [6, 6.07) is 13.4. The number of esters is 1. The van der Waals surface area contributed by atoms with Gasteiger partial charge in [-0.15, -0.1) is 0 Å². The van der Waals surface area contributed by atoms with Gasteiger partial charge in [-0.1, -0.05) is 37.3 Å². The molecular formula is C18H17BrFNO3. The van der Waals surface area contributed by atoms with Crippen LogP contribution >= 0.6 is 15.9 Å². The van der Waals surface area contributed by atoms with Gasteiger partial charge in [0.25, 0.3) is 5.91 Å². The Bertz CT molecular complexity index is 721. The Kier molecular flexibility index (Phi) is 6.49. The summed E-state index contributed by atoms with van der Waals surface area (Å²) in [5.41, 5.74) is 1.28. The van der Waals surface area contributed by atoms with Crippen LogP contribution in [0.1, 0.15) is 28.8 Å². The predicted molar refractivity (Wildman–Crippen MR) is 92.2 cm³/mol. The fourth-order valence-corrected chi connectivity index (χ4v) is 2.59. The van der Waals surface area contributed by atoms with Crippen LogP contribution in [0.25, 0.3) is 0 Å². The monoisotopic (exact) mass is 393 g/mol. The smallest absolute Gasteiger partial charge is 0.339 e. The van der Waals surface area contributed by atoms with E-state index in [1.807, 2.05) is 37.3 Å². The highest BCUT2D eigenvalue weighted by Crippen LogP contribution is 2.19. The zero-order valence-electron chi connectivity index (χ0n) is 13.1. The third-order valence-electron chi connectivity index (χ3n) is 3.46. The lowest BCUT2D eigenvalue weighted by molar-refractivity contribution is -0.124. The molecule has 0 radical (unpaired) electrons. The van der Waals surface area contributed by atoms with Crippen molar-refractivity contribution in [2.75, 3.05) is 13.2 Å². The van der Waals surface area contributed by atoms with Crippen LogP contribution in [0.3, 0.4) is 0 Å².